The minimum atomic E-state index is -1.86. The topological polar surface area (TPSA) is 107 Å². The molecule has 0 saturated heterocycles. The number of carbonyl (C=O) groups excluding carboxylic acids is 4. The molecule has 0 aliphatic heterocycles. The van der Waals surface area contributed by atoms with Gasteiger partial charge in [-0.2, -0.15) is 0 Å². The van der Waals surface area contributed by atoms with Crippen molar-refractivity contribution < 1.29 is 38.1 Å². The number of Topliss-reactive ketones (excluding diaryl/α,β-unsaturated/α-hetero) is 1. The first-order chi connectivity index (χ1) is 19.4. The SMILES string of the molecule is CC1C[C@H]2[C@@H]3CCC4=CC(O)=CC(=O)[C@]4(C)[C@@]3(F)CC[C@]2(C)[C@@]1(OC(=O)C1CC1)C(=O)COC(=O)C1CCCCC1. The van der Waals surface area contributed by atoms with Gasteiger partial charge in [-0.1, -0.05) is 33.1 Å². The van der Waals surface area contributed by atoms with E-state index in [0.29, 0.717) is 24.8 Å². The molecular formula is C33H43FO7. The second kappa shape index (κ2) is 9.77. The molecular weight excluding hydrogens is 527 g/mol. The minimum absolute atomic E-state index is 0.0312. The molecule has 0 spiro atoms. The van der Waals surface area contributed by atoms with E-state index in [4.69, 9.17) is 9.47 Å². The van der Waals surface area contributed by atoms with Gasteiger partial charge in [0, 0.05) is 17.4 Å². The highest BCUT2D eigenvalue weighted by molar-refractivity contribution is 6.00. The molecule has 41 heavy (non-hydrogen) atoms. The Bertz CT molecular complexity index is 1230. The fourth-order valence-corrected chi connectivity index (χ4v) is 9.66. The van der Waals surface area contributed by atoms with E-state index < -0.39 is 58.1 Å². The van der Waals surface area contributed by atoms with Crippen LogP contribution in [-0.4, -0.2) is 46.5 Å². The van der Waals surface area contributed by atoms with Crippen molar-refractivity contribution in [1.29, 1.82) is 0 Å². The Hall–Kier alpha value is -2.51. The van der Waals surface area contributed by atoms with Crippen molar-refractivity contribution in [2.45, 2.75) is 109 Å². The molecule has 0 radical (unpaired) electrons. The van der Waals surface area contributed by atoms with Gasteiger partial charge in [-0.3, -0.25) is 19.2 Å². The molecule has 8 heteroatoms. The van der Waals surface area contributed by atoms with Crippen LogP contribution < -0.4 is 0 Å². The molecule has 6 rings (SSSR count). The number of halogens is 1. The second-order valence-corrected chi connectivity index (χ2v) is 14.2. The molecule has 0 aromatic rings. The Labute approximate surface area is 241 Å². The number of aliphatic hydroxyl groups is 1. The third kappa shape index (κ3) is 4.01. The molecule has 5 fully saturated rings. The minimum Gasteiger partial charge on any atom is -0.508 e. The van der Waals surface area contributed by atoms with Gasteiger partial charge in [-0.15, -0.1) is 0 Å². The van der Waals surface area contributed by atoms with Gasteiger partial charge in [0.2, 0.25) is 5.78 Å². The lowest BCUT2D eigenvalue weighted by molar-refractivity contribution is -0.207. The molecule has 0 aromatic heterocycles. The standard InChI is InChI=1S/C33H43FO7/c1-19-15-25-24-12-11-22-16-23(35)17-26(36)31(22,3)32(24,34)14-13-30(25,2)33(19,41-29(39)21-9-10-21)27(37)18-40-28(38)20-7-5-4-6-8-20/h16-17,19-21,24-25,35H,4-15,18H2,1-3H3/t19?,24-,25-,30-,31+,32+,33-/m0/s1. The van der Waals surface area contributed by atoms with E-state index in [1.165, 1.54) is 6.08 Å². The molecule has 0 amide bonds. The Morgan fingerprint density at radius 2 is 1.63 bits per heavy atom. The van der Waals surface area contributed by atoms with Gasteiger partial charge < -0.3 is 14.6 Å². The number of alkyl halides is 1. The molecule has 1 N–H and O–H groups in total. The Morgan fingerprint density at radius 3 is 2.32 bits per heavy atom. The smallest absolute Gasteiger partial charge is 0.309 e. The molecule has 6 aliphatic rings. The average Bonchev–Trinajstić information content (AvgIpc) is 3.77. The number of allylic oxidation sites excluding steroid dienone is 3. The van der Waals surface area contributed by atoms with Crippen molar-refractivity contribution in [2.24, 2.45) is 40.4 Å². The lowest BCUT2D eigenvalue weighted by Crippen LogP contribution is -2.66. The molecule has 6 aliphatic carbocycles. The summed E-state index contributed by atoms with van der Waals surface area (Å²) in [5, 5.41) is 10.1. The van der Waals surface area contributed by atoms with E-state index in [1.807, 2.05) is 13.8 Å². The number of rotatable bonds is 6. The van der Waals surface area contributed by atoms with Crippen molar-refractivity contribution in [3.05, 3.63) is 23.5 Å². The number of ether oxygens (including phenoxy) is 2. The van der Waals surface area contributed by atoms with Crippen molar-refractivity contribution in [2.75, 3.05) is 6.61 Å². The van der Waals surface area contributed by atoms with Crippen molar-refractivity contribution >= 4 is 23.5 Å². The van der Waals surface area contributed by atoms with Crippen LogP contribution in [0.4, 0.5) is 4.39 Å². The van der Waals surface area contributed by atoms with Gasteiger partial charge in [0.05, 0.1) is 17.3 Å². The van der Waals surface area contributed by atoms with Crippen LogP contribution in [0, 0.1) is 40.4 Å². The molecule has 0 aromatic carbocycles. The zero-order valence-electron chi connectivity index (χ0n) is 24.5. The summed E-state index contributed by atoms with van der Waals surface area (Å²) in [5.74, 6) is -3.43. The highest BCUT2D eigenvalue weighted by Gasteiger charge is 2.76. The third-order valence-electron chi connectivity index (χ3n) is 12.2. The van der Waals surface area contributed by atoms with E-state index >= 15 is 4.39 Å². The van der Waals surface area contributed by atoms with Gasteiger partial charge in [-0.25, -0.2) is 4.39 Å². The molecule has 1 unspecified atom stereocenters. The Morgan fingerprint density at radius 1 is 0.951 bits per heavy atom. The Balaban J connectivity index is 1.33. The maximum Gasteiger partial charge on any atom is 0.309 e. The molecule has 0 bridgehead atoms. The van der Waals surface area contributed by atoms with E-state index in [0.717, 1.165) is 51.0 Å². The number of hydrogen-bond acceptors (Lipinski definition) is 7. The predicted octanol–water partition coefficient (Wildman–Crippen LogP) is 5.90. The summed E-state index contributed by atoms with van der Waals surface area (Å²) in [6.45, 7) is 5.04. The van der Waals surface area contributed by atoms with E-state index in [2.05, 4.69) is 0 Å². The van der Waals surface area contributed by atoms with Crippen molar-refractivity contribution in [3.63, 3.8) is 0 Å². The van der Waals surface area contributed by atoms with Crippen LogP contribution in [0.15, 0.2) is 23.5 Å². The highest BCUT2D eigenvalue weighted by Crippen LogP contribution is 2.71. The molecule has 5 saturated carbocycles. The number of hydrogen-bond donors (Lipinski definition) is 1. The monoisotopic (exact) mass is 570 g/mol. The predicted molar refractivity (Wildman–Crippen MR) is 147 cm³/mol. The average molecular weight is 571 g/mol. The molecule has 7 nitrogen and oxygen atoms in total. The maximum absolute atomic E-state index is 17.5. The molecule has 7 atom stereocenters. The summed E-state index contributed by atoms with van der Waals surface area (Å²) in [6, 6.07) is 0. The number of ketones is 2. The quantitative estimate of drug-likeness (QED) is 0.396. The van der Waals surface area contributed by atoms with Crippen LogP contribution in [0.25, 0.3) is 0 Å². The number of aliphatic hydroxyl groups excluding tert-OH is 1. The Kier molecular flexibility index (Phi) is 6.81. The van der Waals surface area contributed by atoms with Gasteiger partial charge >= 0.3 is 11.9 Å². The van der Waals surface area contributed by atoms with Crippen molar-refractivity contribution in [3.8, 4) is 0 Å². The van der Waals surface area contributed by atoms with Crippen LogP contribution in [0.2, 0.25) is 0 Å². The molecule has 224 valence electrons. The normalized spacial score (nSPS) is 42.2. The van der Waals surface area contributed by atoms with E-state index in [-0.39, 0.29) is 42.3 Å². The van der Waals surface area contributed by atoms with Gasteiger partial charge in [-0.05, 0) is 88.2 Å². The van der Waals surface area contributed by atoms with Crippen LogP contribution in [0.3, 0.4) is 0 Å². The summed E-state index contributed by atoms with van der Waals surface area (Å²) in [6.07, 6.45) is 10.3. The third-order valence-corrected chi connectivity index (χ3v) is 12.2. The largest absolute Gasteiger partial charge is 0.508 e. The maximum atomic E-state index is 17.5. The highest BCUT2D eigenvalue weighted by atomic mass is 19.1. The first kappa shape index (κ1) is 28.6. The fourth-order valence-electron chi connectivity index (χ4n) is 9.66. The van der Waals surface area contributed by atoms with Gasteiger partial charge in [0.25, 0.3) is 0 Å². The first-order valence-electron chi connectivity index (χ1n) is 15.7. The van der Waals surface area contributed by atoms with E-state index in [9.17, 15) is 24.3 Å². The summed E-state index contributed by atoms with van der Waals surface area (Å²) >= 11 is 0. The summed E-state index contributed by atoms with van der Waals surface area (Å²) in [4.78, 5) is 53.7. The fraction of sp³-hybridized carbons (Fsp3) is 0.758. The zero-order valence-corrected chi connectivity index (χ0v) is 24.5. The molecule has 0 heterocycles. The summed E-state index contributed by atoms with van der Waals surface area (Å²) in [5.41, 5.74) is -5.03. The number of carbonyl (C=O) groups is 4. The summed E-state index contributed by atoms with van der Waals surface area (Å²) < 4.78 is 29.4. The van der Waals surface area contributed by atoms with Crippen LogP contribution >= 0.6 is 0 Å². The van der Waals surface area contributed by atoms with Gasteiger partial charge in [0.1, 0.15) is 11.4 Å². The van der Waals surface area contributed by atoms with Gasteiger partial charge in [0.15, 0.2) is 18.0 Å². The zero-order chi connectivity index (χ0) is 29.4. The lowest BCUT2D eigenvalue weighted by atomic mass is 9.44. The van der Waals surface area contributed by atoms with E-state index in [1.54, 1.807) is 6.92 Å². The second-order valence-electron chi connectivity index (χ2n) is 14.2. The van der Waals surface area contributed by atoms with Crippen LogP contribution in [0.5, 0.6) is 0 Å². The van der Waals surface area contributed by atoms with Crippen molar-refractivity contribution in [1.82, 2.24) is 0 Å². The van der Waals surface area contributed by atoms with Crippen LogP contribution in [0.1, 0.15) is 97.8 Å². The first-order valence-corrected chi connectivity index (χ1v) is 15.7. The number of esters is 2. The lowest BCUT2D eigenvalue weighted by Gasteiger charge is -2.61. The number of fused-ring (bicyclic) bond motifs is 5. The summed E-state index contributed by atoms with van der Waals surface area (Å²) in [7, 11) is 0. The van der Waals surface area contributed by atoms with Crippen LogP contribution in [-0.2, 0) is 28.7 Å².